The monoisotopic (exact) mass is 329 g/mol. The van der Waals surface area contributed by atoms with Gasteiger partial charge in [0.1, 0.15) is 4.70 Å². The van der Waals surface area contributed by atoms with Crippen LogP contribution in [-0.4, -0.2) is 15.5 Å². The number of anilines is 1. The molecule has 2 N–H and O–H groups in total. The highest BCUT2D eigenvalue weighted by Gasteiger charge is 2.10. The second kappa shape index (κ2) is 6.21. The zero-order chi connectivity index (χ0) is 16.4. The van der Waals surface area contributed by atoms with Crippen molar-refractivity contribution < 1.29 is 4.79 Å². The summed E-state index contributed by atoms with van der Waals surface area (Å²) in [5.41, 5.74) is 1.42. The zero-order valence-electron chi connectivity index (χ0n) is 12.5. The Labute approximate surface area is 135 Å². The summed E-state index contributed by atoms with van der Waals surface area (Å²) in [6.07, 6.45) is 0.0494. The third-order valence-electron chi connectivity index (χ3n) is 3.46. The van der Waals surface area contributed by atoms with Crippen LogP contribution in [0.15, 0.2) is 45.3 Å². The maximum atomic E-state index is 12.2. The molecule has 0 spiro atoms. The second-order valence-corrected chi connectivity index (χ2v) is 6.13. The number of carbonyl (C=O) groups is 1. The number of benzene rings is 1. The molecular weight excluding hydrogens is 314 g/mol. The summed E-state index contributed by atoms with van der Waals surface area (Å²) < 4.78 is 1.55. The van der Waals surface area contributed by atoms with Gasteiger partial charge in [0.2, 0.25) is 5.91 Å². The molecule has 3 aromatic rings. The largest absolute Gasteiger partial charge is 0.328 e. The minimum Gasteiger partial charge on any atom is -0.326 e. The van der Waals surface area contributed by atoms with Gasteiger partial charge in [0.05, 0.1) is 5.52 Å². The molecule has 0 aliphatic carbocycles. The Hall–Kier alpha value is -2.67. The lowest BCUT2D eigenvalue weighted by Crippen LogP contribution is -2.35. The van der Waals surface area contributed by atoms with Crippen LogP contribution in [0.1, 0.15) is 12.0 Å². The Morgan fingerprint density at radius 3 is 2.91 bits per heavy atom. The molecule has 3 rings (SSSR count). The summed E-state index contributed by atoms with van der Waals surface area (Å²) in [6.45, 7) is 1.98. The highest BCUT2D eigenvalue weighted by Crippen LogP contribution is 2.12. The molecule has 0 radical (unpaired) electrons. The van der Waals surface area contributed by atoms with E-state index in [0.29, 0.717) is 15.9 Å². The maximum Gasteiger partial charge on any atom is 0.328 e. The average molecular weight is 329 g/mol. The van der Waals surface area contributed by atoms with Gasteiger partial charge >= 0.3 is 5.69 Å². The van der Waals surface area contributed by atoms with Crippen molar-refractivity contribution in [2.45, 2.75) is 19.9 Å². The number of H-pyrrole nitrogens is 1. The zero-order valence-corrected chi connectivity index (χ0v) is 13.3. The number of thiophene rings is 1. The van der Waals surface area contributed by atoms with E-state index in [1.54, 1.807) is 17.5 Å². The molecule has 2 heterocycles. The van der Waals surface area contributed by atoms with Gasteiger partial charge in [-0.15, -0.1) is 11.3 Å². The number of aromatic amines is 1. The van der Waals surface area contributed by atoms with Crippen LogP contribution in [0, 0.1) is 6.92 Å². The smallest absolute Gasteiger partial charge is 0.326 e. The van der Waals surface area contributed by atoms with Crippen LogP contribution in [0.3, 0.4) is 0 Å². The summed E-state index contributed by atoms with van der Waals surface area (Å²) in [6, 6.07) is 9.13. The standard InChI is InChI=1S/C16H15N3O3S/c1-10-3-2-4-11(9-10)17-13(20)5-7-19-15(21)14-12(6-8-23-14)18-16(19)22/h2-4,6,8-9H,5,7H2,1H3,(H,17,20)(H,18,22). The lowest BCUT2D eigenvalue weighted by Gasteiger charge is -2.07. The molecule has 0 atom stereocenters. The molecule has 0 saturated carbocycles. The van der Waals surface area contributed by atoms with Crippen LogP contribution in [0.4, 0.5) is 5.69 Å². The third-order valence-corrected chi connectivity index (χ3v) is 4.36. The number of amides is 1. The lowest BCUT2D eigenvalue weighted by molar-refractivity contribution is -0.116. The predicted molar refractivity (Wildman–Crippen MR) is 91.1 cm³/mol. The van der Waals surface area contributed by atoms with Gasteiger partial charge < -0.3 is 10.3 Å². The minimum atomic E-state index is -0.496. The highest BCUT2D eigenvalue weighted by molar-refractivity contribution is 7.17. The molecule has 1 aromatic carbocycles. The van der Waals surface area contributed by atoms with Crippen molar-refractivity contribution in [3.8, 4) is 0 Å². The molecule has 0 aliphatic heterocycles. The van der Waals surface area contributed by atoms with Crippen LogP contribution in [-0.2, 0) is 11.3 Å². The van der Waals surface area contributed by atoms with Crippen molar-refractivity contribution in [2.75, 3.05) is 5.32 Å². The molecule has 0 aliphatic rings. The number of hydrogen-bond donors (Lipinski definition) is 2. The number of carbonyl (C=O) groups excluding carboxylic acids is 1. The quantitative estimate of drug-likeness (QED) is 0.769. The maximum absolute atomic E-state index is 12.2. The first-order valence-electron chi connectivity index (χ1n) is 7.11. The Kier molecular flexibility index (Phi) is 4.12. The van der Waals surface area contributed by atoms with E-state index in [9.17, 15) is 14.4 Å². The van der Waals surface area contributed by atoms with E-state index >= 15 is 0 Å². The number of nitrogens with zero attached hydrogens (tertiary/aromatic N) is 1. The van der Waals surface area contributed by atoms with Gasteiger partial charge in [-0.2, -0.15) is 0 Å². The predicted octanol–water partition coefficient (Wildman–Crippen LogP) is 2.09. The van der Waals surface area contributed by atoms with E-state index in [1.165, 1.54) is 11.3 Å². The lowest BCUT2D eigenvalue weighted by atomic mass is 10.2. The fraction of sp³-hybridized carbons (Fsp3) is 0.188. The van der Waals surface area contributed by atoms with Crippen molar-refractivity contribution >= 4 is 33.1 Å². The summed E-state index contributed by atoms with van der Waals surface area (Å²) in [5.74, 6) is -0.242. The molecule has 0 unspecified atom stereocenters. The van der Waals surface area contributed by atoms with Gasteiger partial charge in [0.25, 0.3) is 5.56 Å². The van der Waals surface area contributed by atoms with E-state index < -0.39 is 5.69 Å². The van der Waals surface area contributed by atoms with Gasteiger partial charge in [0.15, 0.2) is 0 Å². The first kappa shape index (κ1) is 15.2. The fourth-order valence-electron chi connectivity index (χ4n) is 2.33. The van der Waals surface area contributed by atoms with Crippen molar-refractivity contribution in [2.24, 2.45) is 0 Å². The Morgan fingerprint density at radius 1 is 1.30 bits per heavy atom. The molecule has 23 heavy (non-hydrogen) atoms. The van der Waals surface area contributed by atoms with E-state index in [2.05, 4.69) is 10.3 Å². The first-order chi connectivity index (χ1) is 11.0. The van der Waals surface area contributed by atoms with Crippen molar-refractivity contribution in [1.29, 1.82) is 0 Å². The molecule has 0 saturated heterocycles. The Morgan fingerprint density at radius 2 is 2.13 bits per heavy atom. The summed E-state index contributed by atoms with van der Waals surface area (Å²) >= 11 is 1.27. The second-order valence-electron chi connectivity index (χ2n) is 5.22. The van der Waals surface area contributed by atoms with Gasteiger partial charge in [-0.25, -0.2) is 4.79 Å². The number of rotatable bonds is 4. The van der Waals surface area contributed by atoms with Crippen molar-refractivity contribution in [3.63, 3.8) is 0 Å². The number of aromatic nitrogens is 2. The molecule has 1 amide bonds. The summed E-state index contributed by atoms with van der Waals surface area (Å²) in [4.78, 5) is 38.8. The van der Waals surface area contributed by atoms with Gasteiger partial charge in [0, 0.05) is 18.7 Å². The summed E-state index contributed by atoms with van der Waals surface area (Å²) in [5, 5.41) is 4.51. The molecule has 118 valence electrons. The van der Waals surface area contributed by atoms with Crippen molar-refractivity contribution in [3.05, 3.63) is 62.1 Å². The van der Waals surface area contributed by atoms with Gasteiger partial charge in [-0.1, -0.05) is 12.1 Å². The normalized spacial score (nSPS) is 10.8. The van der Waals surface area contributed by atoms with Gasteiger partial charge in [-0.05, 0) is 36.1 Å². The van der Waals surface area contributed by atoms with Crippen LogP contribution < -0.4 is 16.6 Å². The molecular formula is C16H15N3O3S. The fourth-order valence-corrected chi connectivity index (χ4v) is 3.13. The van der Waals surface area contributed by atoms with Crippen LogP contribution >= 0.6 is 11.3 Å². The van der Waals surface area contributed by atoms with Crippen LogP contribution in [0.2, 0.25) is 0 Å². The van der Waals surface area contributed by atoms with Gasteiger partial charge in [-0.3, -0.25) is 14.2 Å². The minimum absolute atomic E-state index is 0.0413. The highest BCUT2D eigenvalue weighted by atomic mass is 32.1. The van der Waals surface area contributed by atoms with E-state index in [4.69, 9.17) is 0 Å². The number of fused-ring (bicyclic) bond motifs is 1. The Bertz CT molecular complexity index is 984. The van der Waals surface area contributed by atoms with E-state index in [-0.39, 0.29) is 24.4 Å². The van der Waals surface area contributed by atoms with Crippen molar-refractivity contribution in [1.82, 2.24) is 9.55 Å². The molecule has 2 aromatic heterocycles. The van der Waals surface area contributed by atoms with E-state index in [0.717, 1.165) is 10.1 Å². The first-order valence-corrected chi connectivity index (χ1v) is 7.99. The number of nitrogens with one attached hydrogen (secondary N) is 2. The molecule has 0 bridgehead atoms. The Balaban J connectivity index is 1.74. The average Bonchev–Trinajstić information content (AvgIpc) is 2.95. The van der Waals surface area contributed by atoms with Crippen LogP contribution in [0.5, 0.6) is 0 Å². The number of aryl methyl sites for hydroxylation is 1. The topological polar surface area (TPSA) is 84.0 Å². The SMILES string of the molecule is Cc1cccc(NC(=O)CCn2c(=O)[nH]c3ccsc3c2=O)c1. The van der Waals surface area contributed by atoms with E-state index in [1.807, 2.05) is 25.1 Å². The molecule has 6 nitrogen and oxygen atoms in total. The molecule has 7 heteroatoms. The number of hydrogen-bond acceptors (Lipinski definition) is 4. The van der Waals surface area contributed by atoms with Crippen LogP contribution in [0.25, 0.3) is 10.2 Å². The molecule has 0 fully saturated rings. The third kappa shape index (κ3) is 3.24. The summed E-state index contributed by atoms with van der Waals surface area (Å²) in [7, 11) is 0.